The van der Waals surface area contributed by atoms with Crippen LogP contribution in [-0.4, -0.2) is 53.0 Å². The first-order valence-corrected chi connectivity index (χ1v) is 13.6. The SMILES string of the molecule is CC(Oc1cc(-c2ccc(NC(=O)N3CCC[C@@H]3CN3CCCC3)cc2)cnc1N)c1c(F)ccc(F)c1Cl. The highest BCUT2D eigenvalue weighted by atomic mass is 35.5. The predicted molar refractivity (Wildman–Crippen MR) is 149 cm³/mol. The topological polar surface area (TPSA) is 83.7 Å². The van der Waals surface area contributed by atoms with Crippen LogP contribution in [0.3, 0.4) is 0 Å². The highest BCUT2D eigenvalue weighted by molar-refractivity contribution is 6.31. The zero-order chi connectivity index (χ0) is 27.5. The predicted octanol–water partition coefficient (Wildman–Crippen LogP) is 6.49. The van der Waals surface area contributed by atoms with Crippen molar-refractivity contribution in [2.75, 3.05) is 37.2 Å². The van der Waals surface area contributed by atoms with Crippen molar-refractivity contribution in [3.8, 4) is 16.9 Å². The third-order valence-electron chi connectivity index (χ3n) is 7.45. The molecule has 2 aliphatic heterocycles. The van der Waals surface area contributed by atoms with Crippen molar-refractivity contribution in [3.05, 3.63) is 70.9 Å². The average Bonchev–Trinajstić information content (AvgIpc) is 3.61. The molecule has 2 amide bonds. The number of hydrogen-bond donors (Lipinski definition) is 2. The van der Waals surface area contributed by atoms with Crippen molar-refractivity contribution >= 4 is 29.1 Å². The molecule has 3 heterocycles. The minimum absolute atomic E-state index is 0.0773. The monoisotopic (exact) mass is 555 g/mol. The molecule has 206 valence electrons. The minimum atomic E-state index is -0.912. The lowest BCUT2D eigenvalue weighted by molar-refractivity contribution is 0.186. The molecule has 7 nitrogen and oxygen atoms in total. The van der Waals surface area contributed by atoms with E-state index in [9.17, 15) is 13.6 Å². The number of hydrogen-bond acceptors (Lipinski definition) is 5. The Morgan fingerprint density at radius 1 is 1.10 bits per heavy atom. The maximum atomic E-state index is 14.4. The molecular formula is C29H32ClF2N5O2. The highest BCUT2D eigenvalue weighted by Crippen LogP contribution is 2.35. The molecule has 0 bridgehead atoms. The Balaban J connectivity index is 1.26. The quantitative estimate of drug-likeness (QED) is 0.325. The van der Waals surface area contributed by atoms with Gasteiger partial charge in [0, 0.05) is 42.1 Å². The van der Waals surface area contributed by atoms with Gasteiger partial charge in [0.15, 0.2) is 11.6 Å². The maximum absolute atomic E-state index is 14.4. The second-order valence-corrected chi connectivity index (χ2v) is 10.5. The van der Waals surface area contributed by atoms with E-state index in [2.05, 4.69) is 15.2 Å². The summed E-state index contributed by atoms with van der Waals surface area (Å²) < 4.78 is 34.1. The molecule has 0 radical (unpaired) electrons. The fourth-order valence-electron chi connectivity index (χ4n) is 5.37. The third kappa shape index (κ3) is 6.09. The molecule has 3 aromatic rings. The number of carbonyl (C=O) groups excluding carboxylic acids is 1. The van der Waals surface area contributed by atoms with Crippen LogP contribution in [0.1, 0.15) is 44.3 Å². The number of pyridine rings is 1. The summed E-state index contributed by atoms with van der Waals surface area (Å²) in [6, 6.07) is 11.2. The van der Waals surface area contributed by atoms with E-state index in [1.54, 1.807) is 19.2 Å². The van der Waals surface area contributed by atoms with Gasteiger partial charge >= 0.3 is 6.03 Å². The molecular weight excluding hydrogens is 524 g/mol. The first kappa shape index (κ1) is 27.1. The molecule has 1 unspecified atom stereocenters. The lowest BCUT2D eigenvalue weighted by Gasteiger charge is -2.28. The number of nitrogens with two attached hydrogens (primary N) is 1. The largest absolute Gasteiger partial charge is 0.482 e. The lowest BCUT2D eigenvalue weighted by Crippen LogP contribution is -2.44. The number of halogens is 3. The van der Waals surface area contributed by atoms with E-state index < -0.39 is 17.7 Å². The second kappa shape index (κ2) is 11.8. The fraction of sp³-hybridized carbons (Fsp3) is 0.379. The van der Waals surface area contributed by atoms with E-state index in [0.29, 0.717) is 11.3 Å². The number of aromatic nitrogens is 1. The molecule has 2 saturated heterocycles. The van der Waals surface area contributed by atoms with Crippen molar-refractivity contribution in [1.82, 2.24) is 14.8 Å². The number of benzene rings is 2. The van der Waals surface area contributed by atoms with E-state index >= 15 is 0 Å². The number of urea groups is 1. The maximum Gasteiger partial charge on any atom is 0.322 e. The van der Waals surface area contributed by atoms with Gasteiger partial charge in [0.05, 0.1) is 5.02 Å². The summed E-state index contributed by atoms with van der Waals surface area (Å²) in [5, 5.41) is 2.69. The number of rotatable bonds is 7. The molecule has 3 N–H and O–H groups in total. The summed E-state index contributed by atoms with van der Waals surface area (Å²) >= 11 is 5.99. The van der Waals surface area contributed by atoms with Gasteiger partial charge in [-0.15, -0.1) is 0 Å². The number of nitrogens with zero attached hydrogens (tertiary/aromatic N) is 3. The number of carbonyl (C=O) groups is 1. The third-order valence-corrected chi connectivity index (χ3v) is 7.83. The van der Waals surface area contributed by atoms with Crippen LogP contribution >= 0.6 is 11.6 Å². The zero-order valence-corrected chi connectivity index (χ0v) is 22.6. The summed E-state index contributed by atoms with van der Waals surface area (Å²) in [4.78, 5) is 21.6. The van der Waals surface area contributed by atoms with Crippen molar-refractivity contribution in [3.63, 3.8) is 0 Å². The van der Waals surface area contributed by atoms with Crippen LogP contribution in [0.2, 0.25) is 5.02 Å². The van der Waals surface area contributed by atoms with E-state index in [1.807, 2.05) is 29.2 Å². The Morgan fingerprint density at radius 2 is 1.82 bits per heavy atom. The summed E-state index contributed by atoms with van der Waals surface area (Å²) in [6.45, 7) is 5.51. The van der Waals surface area contributed by atoms with Crippen molar-refractivity contribution in [1.29, 1.82) is 0 Å². The number of likely N-dealkylation sites (tertiary alicyclic amines) is 2. The zero-order valence-electron chi connectivity index (χ0n) is 21.8. The van der Waals surface area contributed by atoms with Gasteiger partial charge in [-0.2, -0.15) is 0 Å². The first-order chi connectivity index (χ1) is 18.8. The van der Waals surface area contributed by atoms with Gasteiger partial charge in [0.25, 0.3) is 0 Å². The molecule has 0 saturated carbocycles. The number of anilines is 2. The summed E-state index contributed by atoms with van der Waals surface area (Å²) in [5.74, 6) is -1.08. The van der Waals surface area contributed by atoms with Gasteiger partial charge in [-0.05, 0) is 81.6 Å². The van der Waals surface area contributed by atoms with Gasteiger partial charge in [-0.1, -0.05) is 23.7 Å². The van der Waals surface area contributed by atoms with Crippen LogP contribution in [0.15, 0.2) is 48.7 Å². The summed E-state index contributed by atoms with van der Waals surface area (Å²) in [6.07, 6.45) is 5.22. The van der Waals surface area contributed by atoms with Gasteiger partial charge in [-0.25, -0.2) is 18.6 Å². The van der Waals surface area contributed by atoms with E-state index in [1.165, 1.54) is 12.8 Å². The molecule has 2 aliphatic rings. The molecule has 39 heavy (non-hydrogen) atoms. The summed E-state index contributed by atoms with van der Waals surface area (Å²) in [7, 11) is 0. The van der Waals surface area contributed by atoms with Crippen LogP contribution in [0.5, 0.6) is 5.75 Å². The van der Waals surface area contributed by atoms with E-state index in [4.69, 9.17) is 22.1 Å². The van der Waals surface area contributed by atoms with Gasteiger partial charge in [0.2, 0.25) is 0 Å². The number of amides is 2. The first-order valence-electron chi connectivity index (χ1n) is 13.3. The lowest BCUT2D eigenvalue weighted by atomic mass is 10.1. The van der Waals surface area contributed by atoms with Crippen LogP contribution in [0.25, 0.3) is 11.1 Å². The standard InChI is InChI=1S/C29H32ClF2N5O2/c1-18(26-23(31)10-11-24(32)27(26)30)39-25-15-20(16-34-28(25)33)19-6-8-21(9-7-19)35-29(38)37-14-4-5-22(37)17-36-12-2-3-13-36/h6-11,15-16,18,22H,2-5,12-14,17H2,1H3,(H2,33,34)(H,35,38)/t18?,22-/m1/s1. The molecule has 2 atom stereocenters. The van der Waals surface area contributed by atoms with Crippen molar-refractivity contribution in [2.45, 2.75) is 44.8 Å². The smallest absolute Gasteiger partial charge is 0.322 e. The van der Waals surface area contributed by atoms with Crippen LogP contribution in [-0.2, 0) is 0 Å². The van der Waals surface area contributed by atoms with E-state index in [0.717, 1.165) is 56.7 Å². The van der Waals surface area contributed by atoms with E-state index in [-0.39, 0.29) is 34.2 Å². The fourth-order valence-corrected chi connectivity index (χ4v) is 5.68. The molecule has 2 aromatic carbocycles. The van der Waals surface area contributed by atoms with Gasteiger partial charge in [0.1, 0.15) is 17.7 Å². The van der Waals surface area contributed by atoms with Crippen LogP contribution in [0, 0.1) is 11.6 Å². The molecule has 1 aromatic heterocycles. The molecule has 5 rings (SSSR count). The Labute approximate surface area is 231 Å². The number of ether oxygens (including phenoxy) is 1. The van der Waals surface area contributed by atoms with Crippen molar-refractivity contribution in [2.24, 2.45) is 0 Å². The Bertz CT molecular complexity index is 1330. The van der Waals surface area contributed by atoms with Crippen molar-refractivity contribution < 1.29 is 18.3 Å². The van der Waals surface area contributed by atoms with Crippen LogP contribution in [0.4, 0.5) is 25.1 Å². The second-order valence-electron chi connectivity index (χ2n) is 10.1. The number of nitrogens with one attached hydrogen (secondary N) is 1. The molecule has 10 heteroatoms. The molecule has 0 aliphatic carbocycles. The average molecular weight is 556 g/mol. The Kier molecular flexibility index (Phi) is 8.18. The van der Waals surface area contributed by atoms with Gasteiger partial charge in [-0.3, -0.25) is 0 Å². The Hall–Kier alpha value is -3.43. The molecule has 2 fully saturated rings. The Morgan fingerprint density at radius 3 is 2.56 bits per heavy atom. The van der Waals surface area contributed by atoms with Crippen LogP contribution < -0.4 is 15.8 Å². The molecule has 0 spiro atoms. The van der Waals surface area contributed by atoms with Gasteiger partial charge < -0.3 is 25.6 Å². The normalized spacial score (nSPS) is 18.4. The minimum Gasteiger partial charge on any atom is -0.482 e. The summed E-state index contributed by atoms with van der Waals surface area (Å²) in [5.41, 5.74) is 8.14. The number of nitrogen functional groups attached to an aromatic ring is 1. The highest BCUT2D eigenvalue weighted by Gasteiger charge is 2.31.